The van der Waals surface area contributed by atoms with Crippen molar-refractivity contribution in [3.8, 4) is 0 Å². The van der Waals surface area contributed by atoms with Crippen molar-refractivity contribution in [3.05, 3.63) is 6.92 Å². The Morgan fingerprint density at radius 1 is 0.714 bits per heavy atom. The molecule has 0 aliphatic heterocycles. The van der Waals surface area contributed by atoms with Crippen LogP contribution in [0.3, 0.4) is 0 Å². The molecule has 0 N–H and O–H groups in total. The van der Waals surface area contributed by atoms with Crippen molar-refractivity contribution >= 4 is 0 Å². The number of rotatable bonds is 9. The second kappa shape index (κ2) is 20.4. The van der Waals surface area contributed by atoms with Crippen LogP contribution < -0.4 is 59.1 Å². The smallest absolute Gasteiger partial charge is 1.00 e. The molecular formula is C12H26Na2. The van der Waals surface area contributed by atoms with E-state index < -0.39 is 0 Å². The van der Waals surface area contributed by atoms with Crippen LogP contribution in [0.5, 0.6) is 0 Å². The SMILES string of the molecule is [CH2-]CCCCCCCCCCC.[H-].[Na+].[Na+]. The van der Waals surface area contributed by atoms with E-state index in [1.807, 2.05) is 0 Å². The summed E-state index contributed by atoms with van der Waals surface area (Å²) in [6.45, 7) is 6.12. The molecule has 0 atom stereocenters. The van der Waals surface area contributed by atoms with Crippen molar-refractivity contribution in [1.29, 1.82) is 0 Å². The van der Waals surface area contributed by atoms with Crippen molar-refractivity contribution in [3.63, 3.8) is 0 Å². The van der Waals surface area contributed by atoms with Crippen LogP contribution in [-0.4, -0.2) is 0 Å². The first kappa shape index (κ1) is 21.3. The first-order valence-electron chi connectivity index (χ1n) is 5.71. The van der Waals surface area contributed by atoms with Crippen LogP contribution in [0.15, 0.2) is 0 Å². The monoisotopic (exact) mass is 216 g/mol. The molecule has 76 valence electrons. The summed E-state index contributed by atoms with van der Waals surface area (Å²) in [7, 11) is 0. The number of hydrogen-bond acceptors (Lipinski definition) is 0. The summed E-state index contributed by atoms with van der Waals surface area (Å²) in [5.41, 5.74) is 0. The standard InChI is InChI=1S/C12H25.2Na.H/c1-3-5-7-9-11-12-10-8-6-4-2;;;/h1,3-12H2,2H3;;;/q-1;2*+1;-1. The third kappa shape index (κ3) is 19.6. The van der Waals surface area contributed by atoms with E-state index in [1.165, 1.54) is 57.8 Å². The van der Waals surface area contributed by atoms with E-state index in [2.05, 4.69) is 13.8 Å². The molecule has 0 spiro atoms. The molecule has 0 amide bonds. The Kier molecular flexibility index (Phi) is 31.1. The Balaban J connectivity index is -0.000000202. The normalized spacial score (nSPS) is 9.00. The maximum atomic E-state index is 3.84. The van der Waals surface area contributed by atoms with Gasteiger partial charge in [0.25, 0.3) is 0 Å². The zero-order chi connectivity index (χ0) is 9.07. The fraction of sp³-hybridized carbons (Fsp3) is 0.917. The molecule has 0 nitrogen and oxygen atoms in total. The summed E-state index contributed by atoms with van der Waals surface area (Å²) >= 11 is 0. The maximum absolute atomic E-state index is 3.84. The summed E-state index contributed by atoms with van der Waals surface area (Å²) in [4.78, 5) is 0. The Morgan fingerprint density at radius 3 is 1.43 bits per heavy atom. The largest absolute Gasteiger partial charge is 1.00 e. The number of hydrogen-bond donors (Lipinski definition) is 0. The molecule has 0 aliphatic carbocycles. The van der Waals surface area contributed by atoms with Crippen LogP contribution in [0.4, 0.5) is 0 Å². The minimum absolute atomic E-state index is 0. The molecular weight excluding hydrogens is 190 g/mol. The molecule has 14 heavy (non-hydrogen) atoms. The molecule has 2 heteroatoms. The van der Waals surface area contributed by atoms with E-state index in [9.17, 15) is 0 Å². The molecule has 0 aliphatic rings. The summed E-state index contributed by atoms with van der Waals surface area (Å²) < 4.78 is 0. The summed E-state index contributed by atoms with van der Waals surface area (Å²) in [5, 5.41) is 0. The quantitative estimate of drug-likeness (QED) is 0.260. The molecule has 0 unspecified atom stereocenters. The first-order valence-corrected chi connectivity index (χ1v) is 5.71. The molecule has 0 aromatic carbocycles. The van der Waals surface area contributed by atoms with Crippen LogP contribution in [-0.2, 0) is 0 Å². The van der Waals surface area contributed by atoms with Gasteiger partial charge in [-0.3, -0.25) is 0 Å². The maximum Gasteiger partial charge on any atom is 1.00 e. The topological polar surface area (TPSA) is 0 Å². The van der Waals surface area contributed by atoms with E-state index in [4.69, 9.17) is 0 Å². The molecule has 0 aromatic rings. The van der Waals surface area contributed by atoms with Gasteiger partial charge in [-0.2, -0.15) is 6.42 Å². The third-order valence-electron chi connectivity index (χ3n) is 2.35. The molecule has 0 bridgehead atoms. The number of unbranched alkanes of at least 4 members (excludes halogenated alkanes) is 9. The molecule has 0 heterocycles. The first-order chi connectivity index (χ1) is 5.91. The van der Waals surface area contributed by atoms with Crippen LogP contribution in [0, 0.1) is 6.92 Å². The van der Waals surface area contributed by atoms with Crippen molar-refractivity contribution in [2.45, 2.75) is 71.1 Å². The van der Waals surface area contributed by atoms with Gasteiger partial charge in [-0.25, -0.2) is 0 Å². The van der Waals surface area contributed by atoms with Gasteiger partial charge < -0.3 is 8.35 Å². The van der Waals surface area contributed by atoms with E-state index in [-0.39, 0.29) is 60.5 Å². The van der Waals surface area contributed by atoms with Crippen molar-refractivity contribution in [1.82, 2.24) is 0 Å². The Bertz CT molecular complexity index is 70.0. The summed E-state index contributed by atoms with van der Waals surface area (Å²) in [6, 6.07) is 0. The fourth-order valence-corrected chi connectivity index (χ4v) is 1.49. The average Bonchev–Trinajstić information content (AvgIpc) is 2.10. The minimum Gasteiger partial charge on any atom is -1.00 e. The molecule has 0 radical (unpaired) electrons. The van der Waals surface area contributed by atoms with Gasteiger partial charge >= 0.3 is 59.1 Å². The molecule has 0 saturated heterocycles. The molecule has 0 saturated carbocycles. The predicted molar refractivity (Wildman–Crippen MR) is 58.3 cm³/mol. The second-order valence-corrected chi connectivity index (χ2v) is 3.68. The average molecular weight is 216 g/mol. The second-order valence-electron chi connectivity index (χ2n) is 3.68. The Labute approximate surface area is 137 Å². The van der Waals surface area contributed by atoms with E-state index in [0.29, 0.717) is 0 Å². The van der Waals surface area contributed by atoms with E-state index >= 15 is 0 Å². The van der Waals surface area contributed by atoms with Gasteiger partial charge in [0, 0.05) is 0 Å². The van der Waals surface area contributed by atoms with Crippen LogP contribution >= 0.6 is 0 Å². The van der Waals surface area contributed by atoms with Crippen LogP contribution in [0.1, 0.15) is 72.6 Å². The summed E-state index contributed by atoms with van der Waals surface area (Å²) in [5.74, 6) is 0. The van der Waals surface area contributed by atoms with Crippen LogP contribution in [0.25, 0.3) is 0 Å². The summed E-state index contributed by atoms with van der Waals surface area (Å²) in [6.07, 6.45) is 13.9. The van der Waals surface area contributed by atoms with E-state index in [0.717, 1.165) is 6.42 Å². The van der Waals surface area contributed by atoms with Crippen molar-refractivity contribution < 1.29 is 60.5 Å². The van der Waals surface area contributed by atoms with Gasteiger partial charge in [-0.1, -0.05) is 64.7 Å². The predicted octanol–water partition coefficient (Wildman–Crippen LogP) is -1.14. The molecule has 0 aromatic heterocycles. The van der Waals surface area contributed by atoms with Crippen LogP contribution in [0.2, 0.25) is 0 Å². The zero-order valence-corrected chi connectivity index (χ0v) is 14.8. The van der Waals surface area contributed by atoms with Crippen molar-refractivity contribution in [2.24, 2.45) is 0 Å². The zero-order valence-electron chi connectivity index (χ0n) is 11.8. The van der Waals surface area contributed by atoms with Gasteiger partial charge in [-0.15, -0.1) is 0 Å². The van der Waals surface area contributed by atoms with Gasteiger partial charge in [0.1, 0.15) is 0 Å². The molecule has 0 rings (SSSR count). The molecule has 0 fully saturated rings. The Hall–Kier alpha value is 2.00. The van der Waals surface area contributed by atoms with Gasteiger partial charge in [-0.05, 0) is 0 Å². The van der Waals surface area contributed by atoms with Gasteiger partial charge in [0.05, 0.1) is 0 Å². The minimum atomic E-state index is 0. The third-order valence-corrected chi connectivity index (χ3v) is 2.35. The van der Waals surface area contributed by atoms with E-state index in [1.54, 1.807) is 0 Å². The van der Waals surface area contributed by atoms with Crippen molar-refractivity contribution in [2.75, 3.05) is 0 Å². The van der Waals surface area contributed by atoms with Gasteiger partial charge in [0.15, 0.2) is 0 Å². The van der Waals surface area contributed by atoms with Gasteiger partial charge in [0.2, 0.25) is 0 Å². The fourth-order valence-electron chi connectivity index (χ4n) is 1.49. The Morgan fingerprint density at radius 2 is 1.07 bits per heavy atom.